The largest absolute Gasteiger partial charge is 0.493 e. The van der Waals surface area contributed by atoms with E-state index in [1.54, 1.807) is 24.4 Å². The first-order valence-corrected chi connectivity index (χ1v) is 11.2. The molecule has 0 saturated heterocycles. The molecule has 0 saturated carbocycles. The van der Waals surface area contributed by atoms with E-state index >= 15 is 0 Å². The van der Waals surface area contributed by atoms with Gasteiger partial charge >= 0.3 is 5.97 Å². The van der Waals surface area contributed by atoms with Crippen LogP contribution in [-0.2, 0) is 22.4 Å². The number of benzene rings is 2. The van der Waals surface area contributed by atoms with E-state index in [2.05, 4.69) is 10.2 Å². The van der Waals surface area contributed by atoms with Gasteiger partial charge in [-0.3, -0.25) is 9.89 Å². The molecule has 1 aromatic heterocycles. The number of ether oxygens (including phenoxy) is 3. The number of nitrogens with one attached hydrogen (secondary N) is 1. The molecule has 1 aliphatic rings. The number of hydrogen-bond donors (Lipinski definition) is 1. The third kappa shape index (κ3) is 5.46. The first-order valence-electron chi connectivity index (χ1n) is 11.2. The zero-order valence-electron chi connectivity index (χ0n) is 19.7. The Balaban J connectivity index is 1.51. The van der Waals surface area contributed by atoms with E-state index in [4.69, 9.17) is 14.2 Å². The number of aromatic amines is 1. The first kappa shape index (κ1) is 23.5. The molecule has 178 valence electrons. The van der Waals surface area contributed by atoms with Crippen molar-refractivity contribution in [2.45, 2.75) is 12.8 Å². The average Bonchev–Trinajstić information content (AvgIpc) is 3.38. The maximum absolute atomic E-state index is 13.2. The molecule has 2 heterocycles. The van der Waals surface area contributed by atoms with Gasteiger partial charge in [-0.05, 0) is 55.9 Å². The lowest BCUT2D eigenvalue weighted by atomic mass is 9.89. The standard InChI is InChI=1S/C26H29N3O5/c1-29(2)8-9-33-25-13-17(22-14-27-28-15-22)4-5-18(25)12-23(30)21-11-20-10-19(26(31)32-3)6-7-24(20)34-16-21/h4-7,10,13-15,21H,8-9,11-12,16H2,1-3H3,(H,27,28). The SMILES string of the molecule is COC(=O)c1ccc2c(c1)CC(C(=O)Cc1ccc(-c3cn[nH]c3)cc1OCCN(C)C)CO2. The predicted molar refractivity (Wildman–Crippen MR) is 127 cm³/mol. The summed E-state index contributed by atoms with van der Waals surface area (Å²) in [5.74, 6) is 0.757. The van der Waals surface area contributed by atoms with Gasteiger partial charge in [0.25, 0.3) is 0 Å². The number of aromatic nitrogens is 2. The summed E-state index contributed by atoms with van der Waals surface area (Å²) in [6, 6.07) is 11.0. The van der Waals surface area contributed by atoms with Crippen LogP contribution in [-0.4, -0.2) is 67.8 Å². The number of esters is 1. The van der Waals surface area contributed by atoms with Gasteiger partial charge in [-0.25, -0.2) is 4.79 Å². The lowest BCUT2D eigenvalue weighted by molar-refractivity contribution is -0.123. The third-order valence-corrected chi connectivity index (χ3v) is 5.90. The zero-order chi connectivity index (χ0) is 24.1. The Bertz CT molecular complexity index is 1160. The average molecular weight is 464 g/mol. The van der Waals surface area contributed by atoms with Crippen molar-refractivity contribution < 1.29 is 23.8 Å². The molecule has 1 unspecified atom stereocenters. The number of hydrogen-bond acceptors (Lipinski definition) is 7. The van der Waals surface area contributed by atoms with Crippen molar-refractivity contribution in [2.24, 2.45) is 5.92 Å². The molecule has 4 rings (SSSR count). The summed E-state index contributed by atoms with van der Waals surface area (Å²) >= 11 is 0. The molecule has 1 N–H and O–H groups in total. The Morgan fingerprint density at radius 1 is 1.18 bits per heavy atom. The molecule has 1 atom stereocenters. The Hall–Kier alpha value is -3.65. The molecule has 34 heavy (non-hydrogen) atoms. The van der Waals surface area contributed by atoms with E-state index in [0.29, 0.717) is 36.7 Å². The van der Waals surface area contributed by atoms with E-state index in [9.17, 15) is 9.59 Å². The summed E-state index contributed by atoms with van der Waals surface area (Å²) < 4.78 is 16.7. The molecule has 0 spiro atoms. The van der Waals surface area contributed by atoms with Crippen LogP contribution in [0.3, 0.4) is 0 Å². The predicted octanol–water partition coefficient (Wildman–Crippen LogP) is 3.17. The van der Waals surface area contributed by atoms with Gasteiger partial charge in [-0.2, -0.15) is 5.10 Å². The van der Waals surface area contributed by atoms with Crippen molar-refractivity contribution in [2.75, 3.05) is 41.0 Å². The molecule has 0 amide bonds. The molecule has 0 bridgehead atoms. The van der Waals surface area contributed by atoms with Crippen LogP contribution in [0.4, 0.5) is 0 Å². The van der Waals surface area contributed by atoms with Crippen molar-refractivity contribution in [3.63, 3.8) is 0 Å². The topological polar surface area (TPSA) is 93.8 Å². The number of carbonyl (C=O) groups is 2. The molecule has 0 fully saturated rings. The molecule has 0 radical (unpaired) electrons. The third-order valence-electron chi connectivity index (χ3n) is 5.90. The fourth-order valence-corrected chi connectivity index (χ4v) is 3.94. The second kappa shape index (κ2) is 10.5. The Kier molecular flexibility index (Phi) is 7.27. The number of Topliss-reactive ketones (excluding diaryl/α,β-unsaturated/α-hetero) is 1. The number of H-pyrrole nitrogens is 1. The van der Waals surface area contributed by atoms with Crippen molar-refractivity contribution in [3.8, 4) is 22.6 Å². The summed E-state index contributed by atoms with van der Waals surface area (Å²) in [7, 11) is 5.32. The van der Waals surface area contributed by atoms with Gasteiger partial charge in [0, 0.05) is 30.3 Å². The Labute approximate surface area is 198 Å². The highest BCUT2D eigenvalue weighted by Gasteiger charge is 2.27. The van der Waals surface area contributed by atoms with Gasteiger partial charge in [0.05, 0.1) is 31.4 Å². The van der Waals surface area contributed by atoms with Gasteiger partial charge in [0.1, 0.15) is 23.9 Å². The molecular weight excluding hydrogens is 434 g/mol. The van der Waals surface area contributed by atoms with Gasteiger partial charge in [0.2, 0.25) is 0 Å². The monoisotopic (exact) mass is 463 g/mol. The van der Waals surface area contributed by atoms with Crippen LogP contribution < -0.4 is 9.47 Å². The van der Waals surface area contributed by atoms with Crippen molar-refractivity contribution in [3.05, 3.63) is 65.5 Å². The second-order valence-electron chi connectivity index (χ2n) is 8.63. The highest BCUT2D eigenvalue weighted by Crippen LogP contribution is 2.32. The van der Waals surface area contributed by atoms with Crippen LogP contribution in [0.2, 0.25) is 0 Å². The maximum atomic E-state index is 13.2. The van der Waals surface area contributed by atoms with Crippen LogP contribution in [0.5, 0.6) is 11.5 Å². The summed E-state index contributed by atoms with van der Waals surface area (Å²) in [6.45, 7) is 1.59. The Morgan fingerprint density at radius 3 is 2.76 bits per heavy atom. The maximum Gasteiger partial charge on any atom is 0.337 e. The summed E-state index contributed by atoms with van der Waals surface area (Å²) in [5.41, 5.74) is 4.05. The summed E-state index contributed by atoms with van der Waals surface area (Å²) in [6.07, 6.45) is 4.33. The lowest BCUT2D eigenvalue weighted by Gasteiger charge is -2.25. The molecular formula is C26H29N3O5. The van der Waals surface area contributed by atoms with Gasteiger partial charge in [0.15, 0.2) is 0 Å². The minimum absolute atomic E-state index is 0.0719. The van der Waals surface area contributed by atoms with Gasteiger partial charge < -0.3 is 19.1 Å². The van der Waals surface area contributed by atoms with E-state index in [1.807, 2.05) is 43.4 Å². The number of methoxy groups -OCH3 is 1. The Morgan fingerprint density at radius 2 is 2.03 bits per heavy atom. The van der Waals surface area contributed by atoms with Crippen LogP contribution in [0.25, 0.3) is 11.1 Å². The molecule has 3 aromatic rings. The molecule has 2 aromatic carbocycles. The minimum atomic E-state index is -0.409. The van der Waals surface area contributed by atoms with Crippen molar-refractivity contribution in [1.29, 1.82) is 0 Å². The molecule has 1 aliphatic heterocycles. The minimum Gasteiger partial charge on any atom is -0.493 e. The van der Waals surface area contributed by atoms with Gasteiger partial charge in [-0.1, -0.05) is 12.1 Å². The first-order chi connectivity index (χ1) is 16.4. The van der Waals surface area contributed by atoms with Crippen LogP contribution in [0.1, 0.15) is 21.5 Å². The van der Waals surface area contributed by atoms with Crippen LogP contribution in [0, 0.1) is 5.92 Å². The van der Waals surface area contributed by atoms with Crippen LogP contribution in [0.15, 0.2) is 48.8 Å². The number of fused-ring (bicyclic) bond motifs is 1. The second-order valence-corrected chi connectivity index (χ2v) is 8.63. The summed E-state index contributed by atoms with van der Waals surface area (Å²) in [5, 5.41) is 6.84. The smallest absolute Gasteiger partial charge is 0.337 e. The highest BCUT2D eigenvalue weighted by atomic mass is 16.5. The normalized spacial score (nSPS) is 14.9. The van der Waals surface area contributed by atoms with Crippen molar-refractivity contribution in [1.82, 2.24) is 15.1 Å². The molecule has 0 aliphatic carbocycles. The van der Waals surface area contributed by atoms with E-state index in [-0.39, 0.29) is 18.1 Å². The zero-order valence-corrected chi connectivity index (χ0v) is 19.7. The summed E-state index contributed by atoms with van der Waals surface area (Å²) in [4.78, 5) is 27.2. The van der Waals surface area contributed by atoms with E-state index in [1.165, 1.54) is 7.11 Å². The fraction of sp³-hybridized carbons (Fsp3) is 0.346. The molecule has 8 nitrogen and oxygen atoms in total. The van der Waals surface area contributed by atoms with Crippen LogP contribution >= 0.6 is 0 Å². The number of likely N-dealkylation sites (N-methyl/N-ethyl adjacent to an activating group) is 1. The number of carbonyl (C=O) groups excluding carboxylic acids is 2. The van der Waals surface area contributed by atoms with E-state index in [0.717, 1.165) is 28.8 Å². The van der Waals surface area contributed by atoms with E-state index < -0.39 is 5.97 Å². The quantitative estimate of drug-likeness (QED) is 0.487. The number of rotatable bonds is 9. The highest BCUT2D eigenvalue weighted by molar-refractivity contribution is 5.90. The number of ketones is 1. The van der Waals surface area contributed by atoms with Crippen molar-refractivity contribution >= 4 is 11.8 Å². The lowest BCUT2D eigenvalue weighted by Crippen LogP contribution is -2.29. The molecule has 8 heteroatoms. The fourth-order valence-electron chi connectivity index (χ4n) is 3.94. The number of nitrogens with zero attached hydrogens (tertiary/aromatic N) is 2. The van der Waals surface area contributed by atoms with Gasteiger partial charge in [-0.15, -0.1) is 0 Å².